The number of carbonyl (C=O) groups is 1. The molecule has 0 spiro atoms. The van der Waals surface area contributed by atoms with Crippen molar-refractivity contribution < 1.29 is 9.32 Å². The van der Waals surface area contributed by atoms with Crippen molar-refractivity contribution in [2.75, 3.05) is 27.2 Å². The van der Waals surface area contributed by atoms with Crippen LogP contribution in [0, 0.1) is 5.41 Å². The summed E-state index contributed by atoms with van der Waals surface area (Å²) in [5.41, 5.74) is 2.62. The average Bonchev–Trinajstić information content (AvgIpc) is 3.23. The van der Waals surface area contributed by atoms with E-state index in [1.165, 1.54) is 5.56 Å². The fourth-order valence-corrected chi connectivity index (χ4v) is 4.55. The lowest BCUT2D eigenvalue weighted by Crippen LogP contribution is -2.52. The van der Waals surface area contributed by atoms with Crippen molar-refractivity contribution in [1.82, 2.24) is 15.0 Å². The molecule has 5 heteroatoms. The summed E-state index contributed by atoms with van der Waals surface area (Å²) in [4.78, 5) is 17.5. The third-order valence-corrected chi connectivity index (χ3v) is 5.91. The smallest absolute Gasteiger partial charge is 0.230 e. The van der Waals surface area contributed by atoms with Crippen molar-refractivity contribution in [2.24, 2.45) is 5.41 Å². The van der Waals surface area contributed by atoms with Crippen LogP contribution in [0.5, 0.6) is 0 Å². The molecule has 2 heterocycles. The van der Waals surface area contributed by atoms with Crippen molar-refractivity contribution in [3.63, 3.8) is 0 Å². The van der Waals surface area contributed by atoms with E-state index in [0.29, 0.717) is 6.42 Å². The SMILES string of the molecule is CN(C)C(=O)C1(Cc2cc(-c3ccccc3)no2)CCCN(Cc2ccccc2)C1. The Morgan fingerprint density at radius 2 is 1.80 bits per heavy atom. The van der Waals surface area contributed by atoms with Gasteiger partial charge >= 0.3 is 0 Å². The average molecular weight is 404 g/mol. The molecule has 0 radical (unpaired) electrons. The van der Waals surface area contributed by atoms with Gasteiger partial charge in [0.05, 0.1) is 5.41 Å². The van der Waals surface area contributed by atoms with Crippen LogP contribution in [0.25, 0.3) is 11.3 Å². The van der Waals surface area contributed by atoms with Crippen LogP contribution in [-0.4, -0.2) is 48.0 Å². The Hall–Kier alpha value is -2.92. The predicted octanol–water partition coefficient (Wildman–Crippen LogP) is 4.25. The van der Waals surface area contributed by atoms with Gasteiger partial charge < -0.3 is 9.42 Å². The van der Waals surface area contributed by atoms with Crippen molar-refractivity contribution in [3.05, 3.63) is 78.1 Å². The van der Waals surface area contributed by atoms with Crippen LogP contribution >= 0.6 is 0 Å². The number of carbonyl (C=O) groups excluding carboxylic acids is 1. The predicted molar refractivity (Wildman–Crippen MR) is 118 cm³/mol. The molecule has 1 amide bonds. The first-order chi connectivity index (χ1) is 14.6. The first-order valence-corrected chi connectivity index (χ1v) is 10.5. The lowest BCUT2D eigenvalue weighted by Gasteiger charge is -2.42. The maximum absolute atomic E-state index is 13.3. The molecule has 1 saturated heterocycles. The monoisotopic (exact) mass is 403 g/mol. The van der Waals surface area contributed by atoms with E-state index in [0.717, 1.165) is 49.5 Å². The summed E-state index contributed by atoms with van der Waals surface area (Å²) >= 11 is 0. The molecule has 0 bridgehead atoms. The van der Waals surface area contributed by atoms with Gasteiger partial charge in [-0.15, -0.1) is 0 Å². The van der Waals surface area contributed by atoms with Crippen molar-refractivity contribution in [3.8, 4) is 11.3 Å². The van der Waals surface area contributed by atoms with Gasteiger partial charge in [-0.25, -0.2) is 0 Å². The summed E-state index contributed by atoms with van der Waals surface area (Å²) in [6.07, 6.45) is 2.41. The highest BCUT2D eigenvalue weighted by molar-refractivity contribution is 5.83. The zero-order chi connectivity index (χ0) is 21.0. The van der Waals surface area contributed by atoms with Gasteiger partial charge in [-0.3, -0.25) is 9.69 Å². The quantitative estimate of drug-likeness (QED) is 0.617. The Morgan fingerprint density at radius 1 is 1.10 bits per heavy atom. The standard InChI is InChI=1S/C25H29N3O2/c1-27(2)24(29)25(14-9-15-28(19-25)18-20-10-5-3-6-11-20)17-22-16-23(26-30-22)21-12-7-4-8-13-21/h3-8,10-13,16H,9,14-15,17-19H2,1-2H3. The van der Waals surface area contributed by atoms with Crippen LogP contribution in [0.1, 0.15) is 24.2 Å². The highest BCUT2D eigenvalue weighted by Gasteiger charge is 2.44. The molecule has 4 rings (SSSR count). The van der Waals surface area contributed by atoms with E-state index in [9.17, 15) is 4.79 Å². The largest absolute Gasteiger partial charge is 0.361 e. The summed E-state index contributed by atoms with van der Waals surface area (Å²) in [5, 5.41) is 4.26. The van der Waals surface area contributed by atoms with Gasteiger partial charge in [0, 0.05) is 45.2 Å². The Labute approximate surface area is 178 Å². The van der Waals surface area contributed by atoms with Gasteiger partial charge in [0.1, 0.15) is 11.5 Å². The minimum atomic E-state index is -0.496. The molecule has 1 aliphatic rings. The number of amides is 1. The first-order valence-electron chi connectivity index (χ1n) is 10.5. The van der Waals surface area contributed by atoms with E-state index >= 15 is 0 Å². The zero-order valence-electron chi connectivity index (χ0n) is 17.8. The number of benzene rings is 2. The first kappa shape index (κ1) is 20.4. The van der Waals surface area contributed by atoms with E-state index in [1.54, 1.807) is 4.90 Å². The van der Waals surface area contributed by atoms with Crippen molar-refractivity contribution in [2.45, 2.75) is 25.8 Å². The molecule has 1 aromatic heterocycles. The van der Waals surface area contributed by atoms with Gasteiger partial charge in [0.15, 0.2) is 0 Å². The van der Waals surface area contributed by atoms with E-state index in [1.807, 2.05) is 56.6 Å². The van der Waals surface area contributed by atoms with Crippen LogP contribution in [0.2, 0.25) is 0 Å². The van der Waals surface area contributed by atoms with Gasteiger partial charge in [0.2, 0.25) is 5.91 Å². The molecule has 30 heavy (non-hydrogen) atoms. The minimum absolute atomic E-state index is 0.165. The van der Waals surface area contributed by atoms with Crippen LogP contribution in [0.15, 0.2) is 71.3 Å². The fourth-order valence-electron chi connectivity index (χ4n) is 4.55. The molecule has 1 atom stereocenters. The maximum Gasteiger partial charge on any atom is 0.230 e. The fraction of sp³-hybridized carbons (Fsp3) is 0.360. The molecule has 0 aliphatic carbocycles. The van der Waals surface area contributed by atoms with Gasteiger partial charge in [-0.05, 0) is 24.9 Å². The van der Waals surface area contributed by atoms with Crippen LogP contribution in [0.3, 0.4) is 0 Å². The molecular formula is C25H29N3O2. The number of likely N-dealkylation sites (tertiary alicyclic amines) is 1. The molecule has 0 N–H and O–H groups in total. The third kappa shape index (κ3) is 4.46. The highest BCUT2D eigenvalue weighted by atomic mass is 16.5. The lowest BCUT2D eigenvalue weighted by molar-refractivity contribution is -0.143. The Morgan fingerprint density at radius 3 is 2.50 bits per heavy atom. The van der Waals surface area contributed by atoms with Crippen LogP contribution in [-0.2, 0) is 17.8 Å². The lowest BCUT2D eigenvalue weighted by atomic mass is 9.75. The Balaban J connectivity index is 1.57. The van der Waals surface area contributed by atoms with E-state index in [-0.39, 0.29) is 5.91 Å². The summed E-state index contributed by atoms with van der Waals surface area (Å²) in [6.45, 7) is 2.58. The molecule has 2 aromatic carbocycles. The Kier molecular flexibility index (Phi) is 6.00. The van der Waals surface area contributed by atoms with Crippen LogP contribution in [0.4, 0.5) is 0 Å². The molecule has 1 fully saturated rings. The molecule has 1 aliphatic heterocycles. The topological polar surface area (TPSA) is 49.6 Å². The second kappa shape index (κ2) is 8.84. The number of nitrogens with zero attached hydrogens (tertiary/aromatic N) is 3. The van der Waals surface area contributed by atoms with Gasteiger partial charge in [-0.2, -0.15) is 0 Å². The Bertz CT molecular complexity index is 968. The van der Waals surface area contributed by atoms with E-state index in [4.69, 9.17) is 4.52 Å². The molecule has 0 saturated carbocycles. The summed E-state index contributed by atoms with van der Waals surface area (Å²) in [7, 11) is 3.69. The van der Waals surface area contributed by atoms with E-state index in [2.05, 4.69) is 34.3 Å². The van der Waals surface area contributed by atoms with Crippen LogP contribution < -0.4 is 0 Å². The number of piperidine rings is 1. The summed E-state index contributed by atoms with van der Waals surface area (Å²) in [5.74, 6) is 0.934. The highest BCUT2D eigenvalue weighted by Crippen LogP contribution is 2.37. The zero-order valence-corrected chi connectivity index (χ0v) is 17.8. The minimum Gasteiger partial charge on any atom is -0.361 e. The molecule has 1 unspecified atom stereocenters. The summed E-state index contributed by atoms with van der Waals surface area (Å²) < 4.78 is 5.69. The van der Waals surface area contributed by atoms with Gasteiger partial charge in [0.25, 0.3) is 0 Å². The molecule has 5 nitrogen and oxygen atoms in total. The number of hydrogen-bond donors (Lipinski definition) is 0. The maximum atomic E-state index is 13.3. The molecule has 3 aromatic rings. The molecule has 156 valence electrons. The number of aromatic nitrogens is 1. The van der Waals surface area contributed by atoms with Gasteiger partial charge in [-0.1, -0.05) is 65.8 Å². The van der Waals surface area contributed by atoms with Crippen molar-refractivity contribution in [1.29, 1.82) is 0 Å². The van der Waals surface area contributed by atoms with Crippen molar-refractivity contribution >= 4 is 5.91 Å². The second-order valence-corrected chi connectivity index (χ2v) is 8.50. The normalized spacial score (nSPS) is 19.5. The third-order valence-electron chi connectivity index (χ3n) is 5.91. The number of hydrogen-bond acceptors (Lipinski definition) is 4. The van der Waals surface area contributed by atoms with E-state index < -0.39 is 5.41 Å². The number of rotatable bonds is 6. The second-order valence-electron chi connectivity index (χ2n) is 8.50. The summed E-state index contributed by atoms with van der Waals surface area (Å²) in [6, 6.07) is 22.4. The molecular weight excluding hydrogens is 374 g/mol.